The van der Waals surface area contributed by atoms with Gasteiger partial charge in [0, 0.05) is 17.9 Å². The van der Waals surface area contributed by atoms with E-state index in [0.29, 0.717) is 17.8 Å². The molecule has 3 aromatic carbocycles. The summed E-state index contributed by atoms with van der Waals surface area (Å²) in [5.41, 5.74) is 3.57. The van der Waals surface area contributed by atoms with E-state index >= 15 is 0 Å². The summed E-state index contributed by atoms with van der Waals surface area (Å²) in [5.74, 6) is 0.153. The zero-order valence-corrected chi connectivity index (χ0v) is 14.1. The van der Waals surface area contributed by atoms with E-state index in [4.69, 9.17) is 9.26 Å². The highest BCUT2D eigenvalue weighted by molar-refractivity contribution is 5.82. The molecular formula is C22H17NO3. The molecule has 0 bridgehead atoms. The molecular weight excluding hydrogens is 326 g/mol. The second-order valence-electron chi connectivity index (χ2n) is 6.09. The monoisotopic (exact) mass is 343 g/mol. The number of nitrogens with zero attached hydrogens (tertiary/aromatic N) is 1. The number of esters is 1. The summed E-state index contributed by atoms with van der Waals surface area (Å²) in [6, 6.07) is 25.0. The van der Waals surface area contributed by atoms with Crippen molar-refractivity contribution in [3.8, 4) is 5.75 Å². The molecule has 0 unspecified atom stereocenters. The fourth-order valence-corrected chi connectivity index (χ4v) is 2.88. The van der Waals surface area contributed by atoms with E-state index in [-0.39, 0.29) is 12.4 Å². The summed E-state index contributed by atoms with van der Waals surface area (Å²) in [6.07, 6.45) is 0.926. The summed E-state index contributed by atoms with van der Waals surface area (Å²) in [5, 5.41) is 5.09. The first kappa shape index (κ1) is 16.1. The molecule has 26 heavy (non-hydrogen) atoms. The van der Waals surface area contributed by atoms with Crippen molar-refractivity contribution in [2.75, 3.05) is 0 Å². The normalized spacial score (nSPS) is 10.8. The molecule has 1 heterocycles. The maximum atomic E-state index is 12.1. The van der Waals surface area contributed by atoms with Crippen LogP contribution in [0.1, 0.15) is 16.8 Å². The number of hydrogen-bond acceptors (Lipinski definition) is 4. The van der Waals surface area contributed by atoms with E-state index in [0.717, 1.165) is 16.6 Å². The Kier molecular flexibility index (Phi) is 4.48. The number of carbonyl (C=O) groups is 1. The number of ether oxygens (including phenoxy) is 1. The lowest BCUT2D eigenvalue weighted by Crippen LogP contribution is -2.11. The molecule has 4 heteroatoms. The number of rotatable bonds is 5. The maximum absolute atomic E-state index is 12.1. The summed E-state index contributed by atoms with van der Waals surface area (Å²) in [4.78, 5) is 12.1. The lowest BCUT2D eigenvalue weighted by molar-refractivity contribution is -0.133. The molecule has 4 rings (SSSR count). The highest BCUT2D eigenvalue weighted by Crippen LogP contribution is 2.25. The Morgan fingerprint density at radius 1 is 0.885 bits per heavy atom. The van der Waals surface area contributed by atoms with E-state index in [1.54, 1.807) is 12.1 Å². The van der Waals surface area contributed by atoms with Gasteiger partial charge < -0.3 is 9.26 Å². The molecule has 0 atom stereocenters. The molecule has 0 saturated heterocycles. The van der Waals surface area contributed by atoms with Gasteiger partial charge in [-0.05, 0) is 23.3 Å². The van der Waals surface area contributed by atoms with Crippen LogP contribution in [0, 0.1) is 0 Å². The molecule has 4 aromatic rings. The van der Waals surface area contributed by atoms with Gasteiger partial charge in [-0.1, -0.05) is 65.8 Å². The summed E-state index contributed by atoms with van der Waals surface area (Å²) in [6.45, 7) is 0. The van der Waals surface area contributed by atoms with Gasteiger partial charge in [-0.3, -0.25) is 4.79 Å². The minimum absolute atomic E-state index is 0.231. The average molecular weight is 343 g/mol. The van der Waals surface area contributed by atoms with Gasteiger partial charge in [0.1, 0.15) is 5.75 Å². The molecule has 128 valence electrons. The lowest BCUT2D eigenvalue weighted by atomic mass is 10.1. The van der Waals surface area contributed by atoms with Crippen molar-refractivity contribution in [1.29, 1.82) is 0 Å². The van der Waals surface area contributed by atoms with Crippen molar-refractivity contribution in [3.05, 3.63) is 95.7 Å². The van der Waals surface area contributed by atoms with Crippen molar-refractivity contribution in [2.45, 2.75) is 12.8 Å². The van der Waals surface area contributed by atoms with Crippen LogP contribution in [0.3, 0.4) is 0 Å². The van der Waals surface area contributed by atoms with Crippen LogP contribution < -0.4 is 4.74 Å². The van der Waals surface area contributed by atoms with Crippen LogP contribution in [0.5, 0.6) is 5.75 Å². The molecule has 1 aromatic heterocycles. The molecule has 0 fully saturated rings. The summed E-state index contributed by atoms with van der Waals surface area (Å²) < 4.78 is 10.8. The fourth-order valence-electron chi connectivity index (χ4n) is 2.88. The van der Waals surface area contributed by atoms with Crippen molar-refractivity contribution < 1.29 is 14.1 Å². The zero-order chi connectivity index (χ0) is 17.8. The van der Waals surface area contributed by atoms with Crippen LogP contribution in [0.25, 0.3) is 11.0 Å². The SMILES string of the molecule is O=C(Cc1ccccc1)Oc1ccc2c(Cc3ccccc3)noc2c1. The molecule has 0 saturated carbocycles. The van der Waals surface area contributed by atoms with E-state index < -0.39 is 0 Å². The van der Waals surface area contributed by atoms with Gasteiger partial charge in [-0.15, -0.1) is 0 Å². The molecule has 0 spiro atoms. The molecule has 0 aliphatic rings. The fraction of sp³-hybridized carbons (Fsp3) is 0.0909. The van der Waals surface area contributed by atoms with Gasteiger partial charge in [0.15, 0.2) is 5.58 Å². The van der Waals surface area contributed by atoms with Crippen LogP contribution in [0.4, 0.5) is 0 Å². The molecule has 0 N–H and O–H groups in total. The van der Waals surface area contributed by atoms with Gasteiger partial charge in [0.25, 0.3) is 0 Å². The third-order valence-corrected chi connectivity index (χ3v) is 4.16. The van der Waals surface area contributed by atoms with E-state index in [2.05, 4.69) is 17.3 Å². The predicted octanol–water partition coefficient (Wildman–Crippen LogP) is 4.57. The molecule has 0 aliphatic heterocycles. The molecule has 0 amide bonds. The minimum Gasteiger partial charge on any atom is -0.426 e. The first-order chi connectivity index (χ1) is 12.8. The third kappa shape index (κ3) is 3.64. The Hall–Kier alpha value is -3.40. The third-order valence-electron chi connectivity index (χ3n) is 4.16. The number of carbonyl (C=O) groups excluding carboxylic acids is 1. The molecule has 4 nitrogen and oxygen atoms in total. The van der Waals surface area contributed by atoms with Crippen molar-refractivity contribution in [1.82, 2.24) is 5.16 Å². The van der Waals surface area contributed by atoms with Crippen LogP contribution in [-0.2, 0) is 17.6 Å². The van der Waals surface area contributed by atoms with Gasteiger partial charge in [0.05, 0.1) is 12.1 Å². The number of benzene rings is 3. The highest BCUT2D eigenvalue weighted by Gasteiger charge is 2.12. The van der Waals surface area contributed by atoms with Crippen molar-refractivity contribution in [3.63, 3.8) is 0 Å². The average Bonchev–Trinajstić information content (AvgIpc) is 3.05. The summed E-state index contributed by atoms with van der Waals surface area (Å²) in [7, 11) is 0. The largest absolute Gasteiger partial charge is 0.426 e. The Labute approximate surface area is 151 Å². The van der Waals surface area contributed by atoms with Crippen molar-refractivity contribution in [2.24, 2.45) is 0 Å². The molecule has 0 radical (unpaired) electrons. The van der Waals surface area contributed by atoms with Crippen LogP contribution in [0.2, 0.25) is 0 Å². The van der Waals surface area contributed by atoms with E-state index in [1.807, 2.05) is 54.6 Å². The molecule has 0 aliphatic carbocycles. The van der Waals surface area contributed by atoms with Crippen molar-refractivity contribution >= 4 is 16.9 Å². The first-order valence-corrected chi connectivity index (χ1v) is 8.45. The quantitative estimate of drug-likeness (QED) is 0.393. The highest BCUT2D eigenvalue weighted by atomic mass is 16.5. The maximum Gasteiger partial charge on any atom is 0.315 e. The number of hydrogen-bond donors (Lipinski definition) is 0. The zero-order valence-electron chi connectivity index (χ0n) is 14.1. The minimum atomic E-state index is -0.306. The Bertz CT molecular complexity index is 1020. The number of aromatic nitrogens is 1. The smallest absolute Gasteiger partial charge is 0.315 e. The van der Waals surface area contributed by atoms with Gasteiger partial charge in [-0.25, -0.2) is 0 Å². The van der Waals surface area contributed by atoms with Crippen LogP contribution in [-0.4, -0.2) is 11.1 Å². The second-order valence-corrected chi connectivity index (χ2v) is 6.09. The summed E-state index contributed by atoms with van der Waals surface area (Å²) >= 11 is 0. The van der Waals surface area contributed by atoms with Gasteiger partial charge in [-0.2, -0.15) is 0 Å². The van der Waals surface area contributed by atoms with Crippen LogP contribution in [0.15, 0.2) is 83.4 Å². The Balaban J connectivity index is 1.49. The first-order valence-electron chi connectivity index (χ1n) is 8.45. The van der Waals surface area contributed by atoms with E-state index in [9.17, 15) is 4.79 Å². The standard InChI is InChI=1S/C22H17NO3/c24-22(14-17-9-5-2-6-10-17)25-18-11-12-19-20(23-26-21(19)15-18)13-16-7-3-1-4-8-16/h1-12,15H,13-14H2. The lowest BCUT2D eigenvalue weighted by Gasteiger charge is -2.04. The van der Waals surface area contributed by atoms with Gasteiger partial charge >= 0.3 is 5.97 Å². The Morgan fingerprint density at radius 3 is 2.31 bits per heavy atom. The van der Waals surface area contributed by atoms with E-state index in [1.165, 1.54) is 5.56 Å². The Morgan fingerprint density at radius 2 is 1.58 bits per heavy atom. The van der Waals surface area contributed by atoms with Crippen LogP contribution >= 0.6 is 0 Å². The predicted molar refractivity (Wildman–Crippen MR) is 99.0 cm³/mol. The second kappa shape index (κ2) is 7.23. The van der Waals surface area contributed by atoms with Gasteiger partial charge in [0.2, 0.25) is 0 Å². The number of fused-ring (bicyclic) bond motifs is 1. The topological polar surface area (TPSA) is 52.3 Å².